The van der Waals surface area contributed by atoms with E-state index in [0.717, 1.165) is 0 Å². The third-order valence-electron chi connectivity index (χ3n) is 4.90. The minimum Gasteiger partial charge on any atom is -0.461 e. The highest BCUT2D eigenvalue weighted by Crippen LogP contribution is 2.31. The summed E-state index contributed by atoms with van der Waals surface area (Å²) in [5.41, 5.74) is 4.15. The molecule has 40 heavy (non-hydrogen) atoms. The molecule has 0 fully saturated rings. The van der Waals surface area contributed by atoms with Crippen LogP contribution in [-0.2, 0) is 34.9 Å². The molecule has 0 aliphatic carbocycles. The summed E-state index contributed by atoms with van der Waals surface area (Å²) in [7, 11) is 0. The Morgan fingerprint density at radius 2 is 1.32 bits per heavy atom. The first-order valence-corrected chi connectivity index (χ1v) is 13.0. The van der Waals surface area contributed by atoms with E-state index in [2.05, 4.69) is 0 Å². The van der Waals surface area contributed by atoms with E-state index in [9.17, 15) is 19.2 Å². The lowest BCUT2D eigenvalue weighted by atomic mass is 10.1. The molecule has 1 aromatic rings. The molecule has 0 aliphatic rings. The minimum absolute atomic E-state index is 0.0157. The molecule has 0 bridgehead atoms. The molecule has 2 atom stereocenters. The smallest absolute Gasteiger partial charge is 0.461 e. The topological polar surface area (TPSA) is 159 Å². The van der Waals surface area contributed by atoms with Crippen LogP contribution in [0.4, 0.5) is 14.4 Å². The largest absolute Gasteiger partial charge is 0.514 e. The van der Waals surface area contributed by atoms with Gasteiger partial charge in [-0.3, -0.25) is 4.79 Å². The molecule has 0 unspecified atom stereocenters. The lowest BCUT2D eigenvalue weighted by molar-refractivity contribution is -0.148. The normalized spacial score (nSPS) is 13.4. The van der Waals surface area contributed by atoms with E-state index in [4.69, 9.17) is 38.9 Å². The average molecular weight is 570 g/mol. The van der Waals surface area contributed by atoms with Crippen molar-refractivity contribution in [3.8, 4) is 11.5 Å². The fraction of sp³-hybridized carbons (Fsp3) is 0.643. The van der Waals surface area contributed by atoms with Crippen LogP contribution < -0.4 is 15.2 Å². The lowest BCUT2D eigenvalue weighted by Gasteiger charge is -2.24. The Morgan fingerprint density at radius 3 is 1.82 bits per heavy atom. The second kappa shape index (κ2) is 14.2. The Labute approximate surface area is 235 Å². The maximum Gasteiger partial charge on any atom is 0.514 e. The molecule has 0 radical (unpaired) electrons. The molecule has 0 saturated carbocycles. The van der Waals surface area contributed by atoms with E-state index >= 15 is 0 Å². The molecule has 0 saturated heterocycles. The number of hydrogen-bond acceptors (Lipinski definition) is 12. The van der Waals surface area contributed by atoms with Crippen molar-refractivity contribution in [2.75, 3.05) is 6.61 Å². The highest BCUT2D eigenvalue weighted by molar-refractivity contribution is 5.76. The summed E-state index contributed by atoms with van der Waals surface area (Å²) in [6, 6.07) is 3.18. The number of ether oxygens (including phenoxy) is 7. The highest BCUT2D eigenvalue weighted by atomic mass is 16.8. The summed E-state index contributed by atoms with van der Waals surface area (Å²) in [6.07, 6.45) is -3.09. The number of nitrogens with two attached hydrogens (primary N) is 1. The van der Waals surface area contributed by atoms with Crippen LogP contribution in [0, 0.1) is 0 Å². The summed E-state index contributed by atoms with van der Waals surface area (Å²) in [4.78, 5) is 48.9. The molecule has 0 spiro atoms. The van der Waals surface area contributed by atoms with Gasteiger partial charge < -0.3 is 38.9 Å². The third kappa shape index (κ3) is 14.0. The lowest BCUT2D eigenvalue weighted by Crippen LogP contribution is -2.36. The van der Waals surface area contributed by atoms with Crippen molar-refractivity contribution < 1.29 is 52.3 Å². The molecule has 12 nitrogen and oxygen atoms in total. The van der Waals surface area contributed by atoms with E-state index in [1.165, 1.54) is 18.2 Å². The van der Waals surface area contributed by atoms with Gasteiger partial charge in [0.05, 0.1) is 0 Å². The van der Waals surface area contributed by atoms with E-state index in [0.29, 0.717) is 12.0 Å². The standard InChI is InChI=1S/C28H43NO11/c1-11-28(9,10)40-23(31)35-17(2)16-34-22(30)19(29)14-18-12-13-20(36-24(32)38-26(3,4)5)21(15-18)37-25(33)39-27(6,7)8/h12-13,15,17,19H,11,14,16,29H2,1-10H3/t17-,19-/m0/s1. The molecule has 0 amide bonds. The van der Waals surface area contributed by atoms with Gasteiger partial charge in [-0.25, -0.2) is 14.4 Å². The molecular formula is C28H43NO11. The summed E-state index contributed by atoms with van der Waals surface area (Å²) < 4.78 is 36.3. The first kappa shape index (κ1) is 34.5. The summed E-state index contributed by atoms with van der Waals surface area (Å²) in [5.74, 6) is -1.00. The number of carbonyl (C=O) groups excluding carboxylic acids is 4. The van der Waals surface area contributed by atoms with Gasteiger partial charge in [0.15, 0.2) is 11.5 Å². The zero-order valence-electron chi connectivity index (χ0n) is 25.1. The van der Waals surface area contributed by atoms with Crippen molar-refractivity contribution >= 4 is 24.4 Å². The second-order valence-electron chi connectivity index (χ2n) is 11.7. The molecule has 0 aliphatic heterocycles. The second-order valence-corrected chi connectivity index (χ2v) is 11.7. The Bertz CT molecular complexity index is 1040. The molecule has 0 aromatic heterocycles. The Morgan fingerprint density at radius 1 is 0.800 bits per heavy atom. The van der Waals surface area contributed by atoms with E-state index in [1.54, 1.807) is 62.3 Å². The van der Waals surface area contributed by atoms with Gasteiger partial charge in [-0.15, -0.1) is 0 Å². The van der Waals surface area contributed by atoms with Crippen LogP contribution in [0.25, 0.3) is 0 Å². The van der Waals surface area contributed by atoms with Gasteiger partial charge in [-0.05, 0) is 92.9 Å². The van der Waals surface area contributed by atoms with Crippen molar-refractivity contribution in [1.29, 1.82) is 0 Å². The van der Waals surface area contributed by atoms with Crippen LogP contribution in [0.2, 0.25) is 0 Å². The first-order valence-electron chi connectivity index (χ1n) is 13.0. The van der Waals surface area contributed by atoms with Crippen molar-refractivity contribution in [3.05, 3.63) is 23.8 Å². The van der Waals surface area contributed by atoms with E-state index in [1.807, 2.05) is 6.92 Å². The molecule has 0 heterocycles. The van der Waals surface area contributed by atoms with Gasteiger partial charge >= 0.3 is 24.4 Å². The van der Waals surface area contributed by atoms with Crippen molar-refractivity contribution in [2.24, 2.45) is 5.73 Å². The van der Waals surface area contributed by atoms with Gasteiger partial charge in [-0.2, -0.15) is 0 Å². The number of benzene rings is 1. The van der Waals surface area contributed by atoms with Gasteiger partial charge in [0.25, 0.3) is 0 Å². The first-order chi connectivity index (χ1) is 18.2. The zero-order valence-corrected chi connectivity index (χ0v) is 25.1. The van der Waals surface area contributed by atoms with Crippen LogP contribution in [0.5, 0.6) is 11.5 Å². The number of rotatable bonds is 10. The van der Waals surface area contributed by atoms with Gasteiger partial charge in [0.1, 0.15) is 35.6 Å². The fourth-order valence-corrected chi connectivity index (χ4v) is 2.73. The number of carbonyl (C=O) groups is 4. The maximum atomic E-state index is 12.5. The predicted octanol–water partition coefficient (Wildman–Crippen LogP) is 5.46. The van der Waals surface area contributed by atoms with Crippen LogP contribution >= 0.6 is 0 Å². The Kier molecular flexibility index (Phi) is 12.2. The summed E-state index contributed by atoms with van der Waals surface area (Å²) in [6.45, 7) is 16.7. The van der Waals surface area contributed by atoms with Crippen molar-refractivity contribution in [1.82, 2.24) is 0 Å². The Hall–Kier alpha value is -3.54. The van der Waals surface area contributed by atoms with Gasteiger partial charge in [0, 0.05) is 0 Å². The average Bonchev–Trinajstić information content (AvgIpc) is 2.76. The quantitative estimate of drug-likeness (QED) is 0.216. The van der Waals surface area contributed by atoms with Crippen molar-refractivity contribution in [3.63, 3.8) is 0 Å². The maximum absolute atomic E-state index is 12.5. The highest BCUT2D eigenvalue weighted by Gasteiger charge is 2.26. The zero-order chi connectivity index (χ0) is 30.9. The van der Waals surface area contributed by atoms with Crippen LogP contribution in [-0.4, -0.2) is 60.0 Å². The molecule has 2 N–H and O–H groups in total. The van der Waals surface area contributed by atoms with Crippen LogP contribution in [0.15, 0.2) is 18.2 Å². The molecule has 12 heteroatoms. The summed E-state index contributed by atoms with van der Waals surface area (Å²) >= 11 is 0. The van der Waals surface area contributed by atoms with Crippen LogP contribution in [0.1, 0.15) is 81.2 Å². The minimum atomic E-state index is -1.11. The number of esters is 1. The Balaban J connectivity index is 2.89. The predicted molar refractivity (Wildman–Crippen MR) is 144 cm³/mol. The van der Waals surface area contributed by atoms with Crippen molar-refractivity contribution in [2.45, 2.75) is 111 Å². The molecule has 1 rings (SSSR count). The van der Waals surface area contributed by atoms with E-state index < -0.39 is 53.4 Å². The fourth-order valence-electron chi connectivity index (χ4n) is 2.73. The third-order valence-corrected chi connectivity index (χ3v) is 4.90. The SMILES string of the molecule is CCC(C)(C)OC(=O)O[C@@H](C)COC(=O)[C@@H](N)Cc1ccc(OC(=O)OC(C)(C)C)c(OC(=O)OC(C)(C)C)c1. The monoisotopic (exact) mass is 569 g/mol. The molecule has 1 aromatic carbocycles. The van der Waals surface area contributed by atoms with Crippen LogP contribution in [0.3, 0.4) is 0 Å². The summed E-state index contributed by atoms with van der Waals surface area (Å²) in [5, 5.41) is 0. The van der Waals surface area contributed by atoms with E-state index in [-0.39, 0.29) is 24.5 Å². The number of hydrogen-bond donors (Lipinski definition) is 1. The van der Waals surface area contributed by atoms with Gasteiger partial charge in [0.2, 0.25) is 0 Å². The molecule has 226 valence electrons. The van der Waals surface area contributed by atoms with Gasteiger partial charge in [-0.1, -0.05) is 13.0 Å². The molecular weight excluding hydrogens is 526 g/mol.